The molecule has 0 spiro atoms. The van der Waals surface area contributed by atoms with Crippen molar-refractivity contribution in [2.24, 2.45) is 0 Å². The summed E-state index contributed by atoms with van der Waals surface area (Å²) in [6, 6.07) is 11.0. The molecule has 1 aromatic carbocycles. The molecule has 0 atom stereocenters. The maximum Gasteiger partial charge on any atom is -1.00 e. The second-order valence-corrected chi connectivity index (χ2v) is 6.03. The molecule has 20 heavy (non-hydrogen) atoms. The fourth-order valence-electron chi connectivity index (χ4n) is 3.03. The average molecular weight is 366 g/mol. The Kier molecular flexibility index (Phi) is 10.5. The molecule has 4 heteroatoms. The summed E-state index contributed by atoms with van der Waals surface area (Å²) >= 11 is 2.35. The van der Waals surface area contributed by atoms with E-state index in [-0.39, 0.29) is 46.4 Å². The molecule has 0 aliphatic heterocycles. The fourth-order valence-corrected chi connectivity index (χ4v) is 4.11. The molecule has 108 valence electrons. The summed E-state index contributed by atoms with van der Waals surface area (Å²) in [7, 11) is 0. The van der Waals surface area contributed by atoms with Crippen LogP contribution in [0.4, 0.5) is 0 Å². The smallest absolute Gasteiger partial charge is 1.00 e. The van der Waals surface area contributed by atoms with Crippen LogP contribution in [-0.2, 0) is 25.9 Å². The zero-order chi connectivity index (χ0) is 12.4. The normalized spacial score (nSPS) is 15.0. The summed E-state index contributed by atoms with van der Waals surface area (Å²) in [5.74, 6) is 0. The van der Waals surface area contributed by atoms with Crippen molar-refractivity contribution in [3.63, 3.8) is 0 Å². The molecular weight excluding hydrogens is 346 g/mol. The van der Waals surface area contributed by atoms with Crippen molar-refractivity contribution in [1.29, 1.82) is 0 Å². The predicted octanol–water partition coefficient (Wildman–Crippen LogP) is -4.41. The molecule has 1 aliphatic carbocycles. The third kappa shape index (κ3) is 3.73. The fraction of sp³-hybridized carbons (Fsp3) is 0.375. The van der Waals surface area contributed by atoms with Crippen molar-refractivity contribution in [2.75, 3.05) is 0 Å². The molecule has 0 nitrogen and oxygen atoms in total. The van der Waals surface area contributed by atoms with Gasteiger partial charge in [0.15, 0.2) is 0 Å². The molecule has 1 aromatic rings. The maximum atomic E-state index is 2.35. The van der Waals surface area contributed by atoms with E-state index < -0.39 is 0 Å². The van der Waals surface area contributed by atoms with Crippen LogP contribution in [0, 0.1) is 0 Å². The molecule has 0 radical (unpaired) electrons. The first kappa shape index (κ1) is 22.6. The summed E-state index contributed by atoms with van der Waals surface area (Å²) in [4.78, 5) is 0. The molecule has 0 amide bonds. The zero-order valence-corrected chi connectivity index (χ0v) is 15.6. The summed E-state index contributed by atoms with van der Waals surface area (Å²) in [5, 5.41) is 0. The molecule has 0 saturated carbocycles. The molecule has 0 aromatic heterocycles. The van der Waals surface area contributed by atoms with E-state index in [9.17, 15) is 0 Å². The van der Waals surface area contributed by atoms with E-state index in [1.807, 2.05) is 0 Å². The maximum absolute atomic E-state index is 2.35. The summed E-state index contributed by atoms with van der Waals surface area (Å²) in [6.45, 7) is 4.61. The molecular formula is C16H19Cl3Ti. The third-order valence-electron chi connectivity index (χ3n) is 4.15. The van der Waals surface area contributed by atoms with E-state index in [0.717, 1.165) is 0 Å². The average Bonchev–Trinajstić information content (AvgIpc) is 2.81. The van der Waals surface area contributed by atoms with Crippen LogP contribution in [0.5, 0.6) is 0 Å². The Morgan fingerprint density at radius 1 is 0.900 bits per heavy atom. The van der Waals surface area contributed by atoms with Crippen molar-refractivity contribution in [3.8, 4) is 0 Å². The number of hydrogen-bond donors (Lipinski definition) is 0. The van der Waals surface area contributed by atoms with Crippen LogP contribution in [-0.4, -0.2) is 0 Å². The standard InChI is InChI=1S/C16H19.3ClH.Ti/c1-3-16(4-2,15-12-8-9-13-15)14-10-6-5-7-11-14;;;;/h5-13H,3-4H2,1-2H3;3*1H;/q;;;;+3/p-3. The monoisotopic (exact) mass is 364 g/mol. The van der Waals surface area contributed by atoms with Gasteiger partial charge in [-0.05, 0) is 0 Å². The van der Waals surface area contributed by atoms with Crippen LogP contribution in [0.1, 0.15) is 32.3 Å². The zero-order valence-electron chi connectivity index (χ0n) is 11.7. The van der Waals surface area contributed by atoms with E-state index in [4.69, 9.17) is 0 Å². The molecule has 0 bridgehead atoms. The van der Waals surface area contributed by atoms with Gasteiger partial charge in [0.2, 0.25) is 0 Å². The Hall–Kier alpha value is 0.284. The van der Waals surface area contributed by atoms with Crippen LogP contribution in [0.3, 0.4) is 0 Å². The van der Waals surface area contributed by atoms with Gasteiger partial charge < -0.3 is 37.2 Å². The predicted molar refractivity (Wildman–Crippen MR) is 69.7 cm³/mol. The van der Waals surface area contributed by atoms with Crippen molar-refractivity contribution < 1.29 is 57.7 Å². The van der Waals surface area contributed by atoms with E-state index in [0.29, 0.717) is 0 Å². The Morgan fingerprint density at radius 3 is 1.75 bits per heavy atom. The van der Waals surface area contributed by atoms with Crippen LogP contribution in [0.15, 0.2) is 54.6 Å². The van der Waals surface area contributed by atoms with Crippen molar-refractivity contribution >= 4 is 0 Å². The van der Waals surface area contributed by atoms with Gasteiger partial charge in [-0.2, -0.15) is 0 Å². The minimum absolute atomic E-state index is 0. The first-order chi connectivity index (χ1) is 8.18. The van der Waals surface area contributed by atoms with Gasteiger partial charge in [0.1, 0.15) is 0 Å². The summed E-state index contributed by atoms with van der Waals surface area (Å²) < 4.78 is 0.151. The number of rotatable bonds is 4. The minimum Gasteiger partial charge on any atom is -1.00 e. The van der Waals surface area contributed by atoms with Gasteiger partial charge in [-0.1, -0.05) is 0 Å². The first-order valence-electron chi connectivity index (χ1n) is 6.36. The SMILES string of the molecule is CCC(CC)(c1ccccc1)[C]1([Ti+3])C=CC=C1.[Cl-].[Cl-].[Cl-]. The number of hydrogen-bond acceptors (Lipinski definition) is 0. The van der Waals surface area contributed by atoms with Gasteiger partial charge in [-0.15, -0.1) is 0 Å². The van der Waals surface area contributed by atoms with Crippen LogP contribution in [0.2, 0.25) is 3.72 Å². The first-order valence-corrected chi connectivity index (χ1v) is 7.14. The van der Waals surface area contributed by atoms with Gasteiger partial charge >= 0.3 is 116 Å². The Labute approximate surface area is 153 Å². The van der Waals surface area contributed by atoms with Crippen LogP contribution < -0.4 is 37.2 Å². The van der Waals surface area contributed by atoms with Crippen molar-refractivity contribution in [1.82, 2.24) is 0 Å². The largest absolute Gasteiger partial charge is 1.00 e. The Bertz CT molecular complexity index is 424. The summed E-state index contributed by atoms with van der Waals surface area (Å²) in [5.41, 5.74) is 1.68. The summed E-state index contributed by atoms with van der Waals surface area (Å²) in [6.07, 6.45) is 11.4. The van der Waals surface area contributed by atoms with E-state index in [1.165, 1.54) is 18.4 Å². The molecule has 2 rings (SSSR count). The Morgan fingerprint density at radius 2 is 1.35 bits per heavy atom. The van der Waals surface area contributed by atoms with Crippen LogP contribution in [0.25, 0.3) is 0 Å². The molecule has 0 fully saturated rings. The minimum atomic E-state index is 0. The molecule has 1 aliphatic rings. The van der Waals surface area contributed by atoms with E-state index >= 15 is 0 Å². The van der Waals surface area contributed by atoms with Crippen LogP contribution >= 0.6 is 0 Å². The Balaban J connectivity index is 0. The number of allylic oxidation sites excluding steroid dienone is 4. The van der Waals surface area contributed by atoms with E-state index in [2.05, 4.69) is 88.9 Å². The number of benzene rings is 1. The number of halogens is 3. The van der Waals surface area contributed by atoms with Gasteiger partial charge in [-0.25, -0.2) is 0 Å². The molecule has 0 saturated heterocycles. The topological polar surface area (TPSA) is 0 Å². The quantitative estimate of drug-likeness (QED) is 0.473. The van der Waals surface area contributed by atoms with Gasteiger partial charge in [0.05, 0.1) is 0 Å². The van der Waals surface area contributed by atoms with Gasteiger partial charge in [0, 0.05) is 0 Å². The van der Waals surface area contributed by atoms with Crippen molar-refractivity contribution in [3.05, 3.63) is 60.2 Å². The second-order valence-electron chi connectivity index (χ2n) is 4.74. The third-order valence-corrected chi connectivity index (χ3v) is 5.42. The molecule has 0 heterocycles. The van der Waals surface area contributed by atoms with Gasteiger partial charge in [-0.3, -0.25) is 0 Å². The second kappa shape index (κ2) is 9.33. The molecule has 0 N–H and O–H groups in total. The molecule has 0 unspecified atom stereocenters. The van der Waals surface area contributed by atoms with Crippen molar-refractivity contribution in [2.45, 2.75) is 35.8 Å². The van der Waals surface area contributed by atoms with Gasteiger partial charge in [0.25, 0.3) is 0 Å². The van der Waals surface area contributed by atoms with E-state index in [1.54, 1.807) is 0 Å².